The van der Waals surface area contributed by atoms with Crippen molar-refractivity contribution in [2.75, 3.05) is 0 Å². The SMILES string of the molecule is C=CC(C=N)C(N)C(=O)O. The molecule has 0 spiro atoms. The van der Waals surface area contributed by atoms with E-state index in [4.69, 9.17) is 16.2 Å². The van der Waals surface area contributed by atoms with Crippen LogP contribution in [0.1, 0.15) is 0 Å². The van der Waals surface area contributed by atoms with Crippen LogP contribution in [0.4, 0.5) is 0 Å². The fourth-order valence-electron chi connectivity index (χ4n) is 0.483. The van der Waals surface area contributed by atoms with E-state index in [1.165, 1.54) is 6.08 Å². The smallest absolute Gasteiger partial charge is 0.321 e. The third kappa shape index (κ3) is 1.99. The summed E-state index contributed by atoms with van der Waals surface area (Å²) in [4.78, 5) is 10.2. The normalized spacial score (nSPS) is 15.3. The lowest BCUT2D eigenvalue weighted by atomic mass is 10.0. The minimum atomic E-state index is -1.12. The Morgan fingerprint density at radius 2 is 2.30 bits per heavy atom. The van der Waals surface area contributed by atoms with E-state index in [2.05, 4.69) is 6.58 Å². The zero-order chi connectivity index (χ0) is 8.15. The highest BCUT2D eigenvalue weighted by atomic mass is 16.4. The zero-order valence-corrected chi connectivity index (χ0v) is 5.45. The van der Waals surface area contributed by atoms with Crippen molar-refractivity contribution in [2.45, 2.75) is 6.04 Å². The Morgan fingerprint density at radius 3 is 2.40 bits per heavy atom. The van der Waals surface area contributed by atoms with Crippen LogP contribution in [0.5, 0.6) is 0 Å². The third-order valence-corrected chi connectivity index (χ3v) is 1.16. The Bertz CT molecular complexity index is 148. The van der Waals surface area contributed by atoms with Crippen molar-refractivity contribution in [2.24, 2.45) is 11.7 Å². The topological polar surface area (TPSA) is 87.2 Å². The van der Waals surface area contributed by atoms with Crippen LogP contribution in [-0.4, -0.2) is 23.3 Å². The molecule has 0 aliphatic rings. The van der Waals surface area contributed by atoms with Crippen LogP contribution in [0, 0.1) is 11.3 Å². The van der Waals surface area contributed by atoms with Crippen LogP contribution in [0.2, 0.25) is 0 Å². The fourth-order valence-corrected chi connectivity index (χ4v) is 0.483. The first kappa shape index (κ1) is 8.84. The van der Waals surface area contributed by atoms with Gasteiger partial charge in [-0.25, -0.2) is 0 Å². The lowest BCUT2D eigenvalue weighted by Gasteiger charge is -2.09. The molecule has 0 bridgehead atoms. The van der Waals surface area contributed by atoms with E-state index < -0.39 is 17.9 Å². The molecule has 2 unspecified atom stereocenters. The van der Waals surface area contributed by atoms with Crippen molar-refractivity contribution in [1.29, 1.82) is 5.41 Å². The molecule has 0 aromatic heterocycles. The number of carboxylic acid groups (broad SMARTS) is 1. The molecular weight excluding hydrogens is 132 g/mol. The summed E-state index contributed by atoms with van der Waals surface area (Å²) in [6, 6.07) is -1.05. The first-order valence-electron chi connectivity index (χ1n) is 2.75. The van der Waals surface area contributed by atoms with Gasteiger partial charge in [0, 0.05) is 12.1 Å². The van der Waals surface area contributed by atoms with Crippen molar-refractivity contribution in [3.63, 3.8) is 0 Å². The van der Waals surface area contributed by atoms with E-state index in [9.17, 15) is 4.79 Å². The van der Waals surface area contributed by atoms with E-state index >= 15 is 0 Å². The monoisotopic (exact) mass is 142 g/mol. The molecule has 2 atom stereocenters. The summed E-state index contributed by atoms with van der Waals surface area (Å²) in [6.07, 6.45) is 2.30. The summed E-state index contributed by atoms with van der Waals surface area (Å²) < 4.78 is 0. The molecule has 0 fully saturated rings. The number of nitrogens with two attached hydrogens (primary N) is 1. The predicted octanol–water partition coefficient (Wildman–Crippen LogP) is -0.150. The molecule has 0 aliphatic carbocycles. The summed E-state index contributed by atoms with van der Waals surface area (Å²) in [5.74, 6) is -1.69. The molecule has 10 heavy (non-hydrogen) atoms. The molecule has 0 aromatic carbocycles. The Labute approximate surface area is 58.9 Å². The van der Waals surface area contributed by atoms with Crippen molar-refractivity contribution < 1.29 is 9.90 Å². The molecule has 0 saturated heterocycles. The summed E-state index contributed by atoms with van der Waals surface area (Å²) in [7, 11) is 0. The number of aliphatic carboxylic acids is 1. The largest absolute Gasteiger partial charge is 0.480 e. The molecular formula is C6H10N2O2. The molecule has 0 aromatic rings. The fraction of sp³-hybridized carbons (Fsp3) is 0.333. The molecule has 0 rings (SSSR count). The van der Waals surface area contributed by atoms with E-state index in [0.717, 1.165) is 6.21 Å². The quantitative estimate of drug-likeness (QED) is 0.377. The van der Waals surface area contributed by atoms with Crippen LogP contribution in [-0.2, 0) is 4.79 Å². The van der Waals surface area contributed by atoms with Gasteiger partial charge < -0.3 is 16.2 Å². The van der Waals surface area contributed by atoms with Crippen LogP contribution in [0.3, 0.4) is 0 Å². The van der Waals surface area contributed by atoms with Gasteiger partial charge in [-0.2, -0.15) is 0 Å². The van der Waals surface area contributed by atoms with Crippen molar-refractivity contribution in [3.05, 3.63) is 12.7 Å². The molecule has 4 heteroatoms. The van der Waals surface area contributed by atoms with Crippen molar-refractivity contribution in [1.82, 2.24) is 0 Å². The van der Waals surface area contributed by atoms with Gasteiger partial charge >= 0.3 is 5.97 Å². The summed E-state index contributed by atoms with van der Waals surface area (Å²) >= 11 is 0. The van der Waals surface area contributed by atoms with E-state index in [1.807, 2.05) is 0 Å². The van der Waals surface area contributed by atoms with E-state index in [-0.39, 0.29) is 0 Å². The number of hydrogen-bond donors (Lipinski definition) is 3. The first-order chi connectivity index (χ1) is 4.63. The van der Waals surface area contributed by atoms with Gasteiger partial charge in [-0.05, 0) is 0 Å². The Balaban J connectivity index is 4.13. The van der Waals surface area contributed by atoms with Gasteiger partial charge in [0.1, 0.15) is 6.04 Å². The molecule has 56 valence electrons. The number of carbonyl (C=O) groups is 1. The van der Waals surface area contributed by atoms with Gasteiger partial charge in [-0.1, -0.05) is 6.08 Å². The molecule has 0 heterocycles. The first-order valence-corrected chi connectivity index (χ1v) is 2.75. The second kappa shape index (κ2) is 3.79. The molecule has 4 nitrogen and oxygen atoms in total. The number of nitrogens with one attached hydrogen (secondary N) is 1. The predicted molar refractivity (Wildman–Crippen MR) is 38.1 cm³/mol. The maximum atomic E-state index is 10.2. The lowest BCUT2D eigenvalue weighted by Crippen LogP contribution is -2.37. The van der Waals surface area contributed by atoms with Gasteiger partial charge in [-0.15, -0.1) is 6.58 Å². The van der Waals surface area contributed by atoms with Crippen LogP contribution >= 0.6 is 0 Å². The van der Waals surface area contributed by atoms with Crippen LogP contribution in [0.25, 0.3) is 0 Å². The Hall–Kier alpha value is -1.16. The molecule has 0 aliphatic heterocycles. The second-order valence-corrected chi connectivity index (χ2v) is 1.84. The highest BCUT2D eigenvalue weighted by Crippen LogP contribution is 1.98. The van der Waals surface area contributed by atoms with Crippen molar-refractivity contribution >= 4 is 12.2 Å². The third-order valence-electron chi connectivity index (χ3n) is 1.16. The summed E-state index contributed by atoms with van der Waals surface area (Å²) in [5, 5.41) is 15.1. The molecule has 4 N–H and O–H groups in total. The highest BCUT2D eigenvalue weighted by molar-refractivity contribution is 5.79. The van der Waals surface area contributed by atoms with Gasteiger partial charge in [0.2, 0.25) is 0 Å². The van der Waals surface area contributed by atoms with Crippen molar-refractivity contribution in [3.8, 4) is 0 Å². The minimum Gasteiger partial charge on any atom is -0.480 e. The van der Waals surface area contributed by atoms with Gasteiger partial charge in [0.15, 0.2) is 0 Å². The maximum absolute atomic E-state index is 10.2. The maximum Gasteiger partial charge on any atom is 0.321 e. The Morgan fingerprint density at radius 1 is 1.80 bits per heavy atom. The molecule has 0 amide bonds. The van der Waals surface area contributed by atoms with Crippen LogP contribution in [0.15, 0.2) is 12.7 Å². The van der Waals surface area contributed by atoms with Gasteiger partial charge in [-0.3, -0.25) is 4.79 Å². The van der Waals surface area contributed by atoms with E-state index in [1.54, 1.807) is 0 Å². The standard InChI is InChI=1S/C6H10N2O2/c1-2-4(3-7)5(8)6(9)10/h2-5,7H,1,8H2,(H,9,10). The number of rotatable bonds is 4. The zero-order valence-electron chi connectivity index (χ0n) is 5.45. The van der Waals surface area contributed by atoms with Gasteiger partial charge in [0.25, 0.3) is 0 Å². The van der Waals surface area contributed by atoms with Crippen LogP contribution < -0.4 is 5.73 Å². The average molecular weight is 142 g/mol. The lowest BCUT2D eigenvalue weighted by molar-refractivity contribution is -0.138. The number of hydrogen-bond acceptors (Lipinski definition) is 3. The summed E-state index contributed by atoms with van der Waals surface area (Å²) in [6.45, 7) is 3.34. The summed E-state index contributed by atoms with van der Waals surface area (Å²) in [5.41, 5.74) is 5.16. The molecule has 0 radical (unpaired) electrons. The van der Waals surface area contributed by atoms with Gasteiger partial charge in [0.05, 0.1) is 0 Å². The minimum absolute atomic E-state index is 0.572. The Kier molecular flexibility index (Phi) is 3.35. The van der Waals surface area contributed by atoms with E-state index in [0.29, 0.717) is 0 Å². The molecule has 0 saturated carbocycles. The number of carboxylic acids is 1. The highest BCUT2D eigenvalue weighted by Gasteiger charge is 2.18. The second-order valence-electron chi connectivity index (χ2n) is 1.84. The average Bonchev–Trinajstić information content (AvgIpc) is 1.90.